The molecular formula is C20H20N2O3. The summed E-state index contributed by atoms with van der Waals surface area (Å²) in [5.74, 6) is 1.41. The maximum atomic E-state index is 12.9. The van der Waals surface area contributed by atoms with Crippen molar-refractivity contribution in [2.75, 3.05) is 0 Å². The monoisotopic (exact) mass is 336 g/mol. The van der Waals surface area contributed by atoms with Crippen LogP contribution in [0.1, 0.15) is 37.3 Å². The summed E-state index contributed by atoms with van der Waals surface area (Å²) in [5, 5.41) is 0. The number of nitrogens with zero attached hydrogens (tertiary/aromatic N) is 2. The van der Waals surface area contributed by atoms with E-state index in [-0.39, 0.29) is 18.4 Å². The number of oxazole rings is 1. The maximum absolute atomic E-state index is 12.9. The van der Waals surface area contributed by atoms with Crippen LogP contribution in [-0.2, 0) is 11.2 Å². The molecule has 5 nitrogen and oxygen atoms in total. The number of aromatic nitrogens is 1. The van der Waals surface area contributed by atoms with Crippen LogP contribution in [0.5, 0.6) is 0 Å². The van der Waals surface area contributed by atoms with Gasteiger partial charge in [0.2, 0.25) is 11.8 Å². The van der Waals surface area contributed by atoms with Gasteiger partial charge in [0.1, 0.15) is 12.0 Å². The fourth-order valence-electron chi connectivity index (χ4n) is 3.10. The first-order valence-electron chi connectivity index (χ1n) is 8.57. The van der Waals surface area contributed by atoms with Crippen LogP contribution >= 0.6 is 0 Å². The number of hydrogen-bond donors (Lipinski definition) is 0. The number of carbonyl (C=O) groups is 1. The molecule has 0 spiro atoms. The fraction of sp³-hybridized carbons (Fsp3) is 0.300. The van der Waals surface area contributed by atoms with Gasteiger partial charge in [-0.1, -0.05) is 18.2 Å². The van der Waals surface area contributed by atoms with Gasteiger partial charge in [0.15, 0.2) is 0 Å². The van der Waals surface area contributed by atoms with Crippen LogP contribution < -0.4 is 0 Å². The molecular weight excluding hydrogens is 316 g/mol. The average molecular weight is 336 g/mol. The molecule has 3 aromatic rings. The highest BCUT2D eigenvalue weighted by atomic mass is 16.3. The lowest BCUT2D eigenvalue weighted by molar-refractivity contribution is -0.133. The summed E-state index contributed by atoms with van der Waals surface area (Å²) in [7, 11) is 0. The molecule has 1 amide bonds. The van der Waals surface area contributed by atoms with E-state index in [4.69, 9.17) is 8.83 Å². The minimum absolute atomic E-state index is 0.0549. The van der Waals surface area contributed by atoms with Crippen LogP contribution in [0.4, 0.5) is 0 Å². The molecule has 25 heavy (non-hydrogen) atoms. The van der Waals surface area contributed by atoms with E-state index in [0.29, 0.717) is 17.6 Å². The Hall–Kier alpha value is -2.82. The van der Waals surface area contributed by atoms with E-state index in [0.717, 1.165) is 24.2 Å². The lowest BCUT2D eigenvalue weighted by Crippen LogP contribution is -2.36. The van der Waals surface area contributed by atoms with Crippen molar-refractivity contribution in [1.29, 1.82) is 0 Å². The predicted octanol–water partition coefficient (Wildman–Crippen LogP) is 4.23. The summed E-state index contributed by atoms with van der Waals surface area (Å²) >= 11 is 0. The van der Waals surface area contributed by atoms with Crippen molar-refractivity contribution >= 4 is 5.91 Å². The van der Waals surface area contributed by atoms with Gasteiger partial charge in [-0.25, -0.2) is 4.98 Å². The van der Waals surface area contributed by atoms with Gasteiger partial charge in [0.05, 0.1) is 24.4 Å². The number of furan rings is 1. The smallest absolute Gasteiger partial charge is 0.229 e. The van der Waals surface area contributed by atoms with Crippen LogP contribution in [0.2, 0.25) is 0 Å². The Morgan fingerprint density at radius 1 is 1.20 bits per heavy atom. The first kappa shape index (κ1) is 15.7. The van der Waals surface area contributed by atoms with Gasteiger partial charge in [0, 0.05) is 11.6 Å². The SMILES string of the molecule is C[C@@H](c1ccco1)N(C(=O)Cc1coc(-c2ccccc2)n1)C1CC1. The van der Waals surface area contributed by atoms with Crippen LogP contribution in [-0.4, -0.2) is 21.8 Å². The van der Waals surface area contributed by atoms with Crippen LogP contribution in [0, 0.1) is 0 Å². The van der Waals surface area contributed by atoms with Crippen molar-refractivity contribution in [3.05, 3.63) is 66.4 Å². The molecule has 1 saturated carbocycles. The van der Waals surface area contributed by atoms with Crippen LogP contribution in [0.3, 0.4) is 0 Å². The summed E-state index contributed by atoms with van der Waals surface area (Å²) in [6.07, 6.45) is 5.54. The van der Waals surface area contributed by atoms with E-state index in [1.165, 1.54) is 0 Å². The Bertz CT molecular complexity index is 835. The van der Waals surface area contributed by atoms with Crippen molar-refractivity contribution < 1.29 is 13.6 Å². The van der Waals surface area contributed by atoms with Crippen molar-refractivity contribution in [3.8, 4) is 11.5 Å². The van der Waals surface area contributed by atoms with E-state index in [9.17, 15) is 4.79 Å². The van der Waals surface area contributed by atoms with Gasteiger partial charge in [0.25, 0.3) is 0 Å². The summed E-state index contributed by atoms with van der Waals surface area (Å²) in [6.45, 7) is 2.01. The van der Waals surface area contributed by atoms with Gasteiger partial charge in [-0.15, -0.1) is 0 Å². The molecule has 1 aliphatic carbocycles. The minimum Gasteiger partial charge on any atom is -0.467 e. The third kappa shape index (κ3) is 3.36. The largest absolute Gasteiger partial charge is 0.467 e. The second kappa shape index (κ2) is 6.59. The topological polar surface area (TPSA) is 59.5 Å². The third-order valence-electron chi connectivity index (χ3n) is 4.51. The van der Waals surface area contributed by atoms with Crippen molar-refractivity contribution in [2.24, 2.45) is 0 Å². The van der Waals surface area contributed by atoms with E-state index in [2.05, 4.69) is 4.98 Å². The molecule has 1 fully saturated rings. The molecule has 0 aliphatic heterocycles. The summed E-state index contributed by atoms with van der Waals surface area (Å²) < 4.78 is 11.0. The molecule has 0 bridgehead atoms. The molecule has 1 aliphatic rings. The zero-order valence-electron chi connectivity index (χ0n) is 14.1. The molecule has 0 radical (unpaired) electrons. The lowest BCUT2D eigenvalue weighted by atomic mass is 10.2. The molecule has 0 unspecified atom stereocenters. The molecule has 0 N–H and O–H groups in total. The molecule has 1 aromatic carbocycles. The quantitative estimate of drug-likeness (QED) is 0.676. The summed E-state index contributed by atoms with van der Waals surface area (Å²) in [6, 6.07) is 13.7. The highest BCUT2D eigenvalue weighted by Gasteiger charge is 2.37. The van der Waals surface area contributed by atoms with Crippen molar-refractivity contribution in [3.63, 3.8) is 0 Å². The van der Waals surface area contributed by atoms with E-state index in [1.807, 2.05) is 54.3 Å². The Labute approximate surface area is 146 Å². The molecule has 128 valence electrons. The third-order valence-corrected chi connectivity index (χ3v) is 4.51. The molecule has 1 atom stereocenters. The Kier molecular flexibility index (Phi) is 4.14. The second-order valence-electron chi connectivity index (χ2n) is 6.41. The number of hydrogen-bond acceptors (Lipinski definition) is 4. The number of carbonyl (C=O) groups excluding carboxylic acids is 1. The lowest BCUT2D eigenvalue weighted by Gasteiger charge is -2.27. The normalized spacial score (nSPS) is 15.1. The Balaban J connectivity index is 1.50. The van der Waals surface area contributed by atoms with E-state index in [1.54, 1.807) is 12.5 Å². The zero-order chi connectivity index (χ0) is 17.2. The zero-order valence-corrected chi connectivity index (χ0v) is 14.1. The molecule has 2 heterocycles. The van der Waals surface area contributed by atoms with Gasteiger partial charge in [-0.3, -0.25) is 4.79 Å². The highest BCUT2D eigenvalue weighted by molar-refractivity contribution is 5.79. The Morgan fingerprint density at radius 2 is 2.00 bits per heavy atom. The maximum Gasteiger partial charge on any atom is 0.229 e. The fourth-order valence-corrected chi connectivity index (χ4v) is 3.10. The van der Waals surface area contributed by atoms with Gasteiger partial charge < -0.3 is 13.7 Å². The summed E-state index contributed by atoms with van der Waals surface area (Å²) in [4.78, 5) is 19.3. The van der Waals surface area contributed by atoms with Crippen molar-refractivity contribution in [2.45, 2.75) is 38.3 Å². The summed E-state index contributed by atoms with van der Waals surface area (Å²) in [5.41, 5.74) is 1.56. The minimum atomic E-state index is -0.0736. The van der Waals surface area contributed by atoms with Crippen LogP contribution in [0.25, 0.3) is 11.5 Å². The molecule has 4 rings (SSSR count). The van der Waals surface area contributed by atoms with E-state index >= 15 is 0 Å². The first-order chi connectivity index (χ1) is 12.2. The number of benzene rings is 1. The van der Waals surface area contributed by atoms with Crippen molar-refractivity contribution in [1.82, 2.24) is 9.88 Å². The van der Waals surface area contributed by atoms with Gasteiger partial charge >= 0.3 is 0 Å². The molecule has 2 aromatic heterocycles. The Morgan fingerprint density at radius 3 is 2.68 bits per heavy atom. The molecule has 5 heteroatoms. The number of amides is 1. The van der Waals surface area contributed by atoms with E-state index < -0.39 is 0 Å². The predicted molar refractivity (Wildman–Crippen MR) is 92.6 cm³/mol. The number of rotatable bonds is 6. The highest BCUT2D eigenvalue weighted by Crippen LogP contribution is 2.35. The first-order valence-corrected chi connectivity index (χ1v) is 8.57. The standard InChI is InChI=1S/C20H20N2O3/c1-14(18-8-5-11-24-18)22(17-9-10-17)19(23)12-16-13-25-20(21-16)15-6-3-2-4-7-15/h2-8,11,13-14,17H,9-10,12H2,1H3/t14-/m0/s1. The van der Waals surface area contributed by atoms with Gasteiger partial charge in [-0.2, -0.15) is 0 Å². The molecule has 0 saturated heterocycles. The average Bonchev–Trinajstić information content (AvgIpc) is 3.13. The second-order valence-corrected chi connectivity index (χ2v) is 6.41. The van der Waals surface area contributed by atoms with Crippen LogP contribution in [0.15, 0.2) is 63.8 Å². The van der Waals surface area contributed by atoms with Gasteiger partial charge in [-0.05, 0) is 44.0 Å².